The van der Waals surface area contributed by atoms with E-state index >= 15 is 0 Å². The van der Waals surface area contributed by atoms with Crippen molar-refractivity contribution in [3.05, 3.63) is 58.9 Å². The van der Waals surface area contributed by atoms with Gasteiger partial charge in [-0.3, -0.25) is 10.1 Å². The fourth-order valence-electron chi connectivity index (χ4n) is 3.14. The molecule has 3 aromatic rings. The van der Waals surface area contributed by atoms with Gasteiger partial charge in [0.05, 0.1) is 11.0 Å². The summed E-state index contributed by atoms with van der Waals surface area (Å²) in [6.45, 7) is 1.17. The third kappa shape index (κ3) is 3.65. The number of aromatic nitrogens is 2. The van der Waals surface area contributed by atoms with Crippen LogP contribution in [0.15, 0.2) is 48.8 Å². The van der Waals surface area contributed by atoms with Crippen molar-refractivity contribution >= 4 is 22.3 Å². The Labute approximate surface area is 155 Å². The summed E-state index contributed by atoms with van der Waals surface area (Å²) < 4.78 is 11.4. The highest BCUT2D eigenvalue weighted by Gasteiger charge is 2.26. The summed E-state index contributed by atoms with van der Waals surface area (Å²) in [5, 5.41) is 16.5. The first-order valence-electron chi connectivity index (χ1n) is 8.73. The molecule has 0 aliphatic carbocycles. The molecule has 1 aliphatic rings. The van der Waals surface area contributed by atoms with Crippen LogP contribution in [0.2, 0.25) is 0 Å². The number of ether oxygens (including phenoxy) is 2. The molecule has 1 unspecified atom stereocenters. The van der Waals surface area contributed by atoms with Crippen LogP contribution < -0.4 is 10.1 Å². The van der Waals surface area contributed by atoms with Gasteiger partial charge in [0.1, 0.15) is 12.1 Å². The van der Waals surface area contributed by atoms with Crippen molar-refractivity contribution < 1.29 is 14.4 Å². The largest absolute Gasteiger partial charge is 0.433 e. The van der Waals surface area contributed by atoms with Crippen LogP contribution in [0.5, 0.6) is 11.6 Å². The van der Waals surface area contributed by atoms with Crippen LogP contribution in [0.1, 0.15) is 12.8 Å². The summed E-state index contributed by atoms with van der Waals surface area (Å²) in [6.07, 6.45) is 3.20. The van der Waals surface area contributed by atoms with Crippen LogP contribution in [0.25, 0.3) is 10.8 Å². The molecule has 1 saturated heterocycles. The zero-order chi connectivity index (χ0) is 18.6. The third-order valence-corrected chi connectivity index (χ3v) is 4.45. The fraction of sp³-hybridized carbons (Fsp3) is 0.263. The average molecular weight is 366 g/mol. The molecule has 1 N–H and O–H groups in total. The van der Waals surface area contributed by atoms with E-state index in [0.717, 1.165) is 23.6 Å². The van der Waals surface area contributed by atoms with Crippen LogP contribution in [0, 0.1) is 10.1 Å². The number of hydrogen-bond donors (Lipinski definition) is 1. The minimum Gasteiger partial charge on any atom is -0.433 e. The minimum absolute atomic E-state index is 0.0296. The molecule has 8 nitrogen and oxygen atoms in total. The van der Waals surface area contributed by atoms with E-state index < -0.39 is 4.92 Å². The second-order valence-electron chi connectivity index (χ2n) is 6.23. The lowest BCUT2D eigenvalue weighted by Crippen LogP contribution is -2.19. The first-order valence-corrected chi connectivity index (χ1v) is 8.73. The van der Waals surface area contributed by atoms with Gasteiger partial charge in [-0.2, -0.15) is 4.98 Å². The molecule has 0 spiro atoms. The molecule has 4 rings (SSSR count). The molecule has 2 heterocycles. The van der Waals surface area contributed by atoms with Gasteiger partial charge >= 0.3 is 11.6 Å². The molecule has 0 bridgehead atoms. The normalized spacial score (nSPS) is 16.4. The number of nitrogens with one attached hydrogen (secondary N) is 1. The number of rotatable bonds is 6. The summed E-state index contributed by atoms with van der Waals surface area (Å²) in [6, 6.07) is 13.2. The van der Waals surface area contributed by atoms with Gasteiger partial charge in [-0.15, -0.1) is 0 Å². The number of nitro groups is 1. The van der Waals surface area contributed by atoms with Gasteiger partial charge in [0.15, 0.2) is 0 Å². The van der Waals surface area contributed by atoms with Crippen molar-refractivity contribution in [1.29, 1.82) is 0 Å². The highest BCUT2D eigenvalue weighted by molar-refractivity contribution is 5.88. The fourth-order valence-corrected chi connectivity index (χ4v) is 3.14. The van der Waals surface area contributed by atoms with Crippen LogP contribution in [0.4, 0.5) is 11.5 Å². The molecule has 2 aromatic carbocycles. The number of fused-ring (bicyclic) bond motifs is 1. The van der Waals surface area contributed by atoms with Crippen LogP contribution in [-0.4, -0.2) is 34.1 Å². The lowest BCUT2D eigenvalue weighted by molar-refractivity contribution is -0.385. The van der Waals surface area contributed by atoms with Gasteiger partial charge < -0.3 is 14.8 Å². The molecule has 0 radical (unpaired) electrons. The molecule has 0 saturated carbocycles. The summed E-state index contributed by atoms with van der Waals surface area (Å²) >= 11 is 0. The van der Waals surface area contributed by atoms with Crippen molar-refractivity contribution in [2.24, 2.45) is 0 Å². The average Bonchev–Trinajstić information content (AvgIpc) is 3.20. The summed E-state index contributed by atoms with van der Waals surface area (Å²) in [4.78, 5) is 19.2. The summed E-state index contributed by atoms with van der Waals surface area (Å²) in [5.74, 6) is 0.530. The van der Waals surface area contributed by atoms with E-state index in [0.29, 0.717) is 18.9 Å². The van der Waals surface area contributed by atoms with Crippen LogP contribution in [0.3, 0.4) is 0 Å². The second kappa shape index (κ2) is 7.55. The van der Waals surface area contributed by atoms with E-state index in [1.165, 1.54) is 6.33 Å². The van der Waals surface area contributed by atoms with Gasteiger partial charge in [-0.1, -0.05) is 36.4 Å². The number of nitrogens with zero attached hydrogens (tertiary/aromatic N) is 3. The number of benzene rings is 2. The zero-order valence-electron chi connectivity index (χ0n) is 14.5. The molecule has 1 fully saturated rings. The molecule has 8 heteroatoms. The Bertz CT molecular complexity index is 968. The van der Waals surface area contributed by atoms with Gasteiger partial charge in [0, 0.05) is 18.5 Å². The molecule has 27 heavy (non-hydrogen) atoms. The number of anilines is 1. The first kappa shape index (κ1) is 17.2. The Hall–Kier alpha value is -3.26. The van der Waals surface area contributed by atoms with Crippen LogP contribution in [-0.2, 0) is 4.74 Å². The van der Waals surface area contributed by atoms with Crippen molar-refractivity contribution in [3.8, 4) is 11.6 Å². The highest BCUT2D eigenvalue weighted by atomic mass is 16.6. The van der Waals surface area contributed by atoms with E-state index in [9.17, 15) is 10.1 Å². The molecule has 1 aliphatic heterocycles. The van der Waals surface area contributed by atoms with Gasteiger partial charge in [-0.05, 0) is 24.3 Å². The predicted molar refractivity (Wildman–Crippen MR) is 100 cm³/mol. The maximum absolute atomic E-state index is 11.7. The molecular formula is C19H18N4O4. The predicted octanol–water partition coefficient (Wildman–Crippen LogP) is 3.92. The van der Waals surface area contributed by atoms with E-state index in [2.05, 4.69) is 15.3 Å². The highest BCUT2D eigenvalue weighted by Crippen LogP contribution is 2.36. The lowest BCUT2D eigenvalue weighted by Gasteiger charge is -2.13. The van der Waals surface area contributed by atoms with E-state index in [4.69, 9.17) is 9.47 Å². The topological polar surface area (TPSA) is 99.4 Å². The monoisotopic (exact) mass is 366 g/mol. The first-order chi connectivity index (χ1) is 13.2. The quantitative estimate of drug-likeness (QED) is 0.521. The molecule has 1 atom stereocenters. The van der Waals surface area contributed by atoms with Gasteiger partial charge in [-0.25, -0.2) is 4.98 Å². The van der Waals surface area contributed by atoms with Gasteiger partial charge in [0.2, 0.25) is 5.82 Å². The minimum atomic E-state index is -0.529. The zero-order valence-corrected chi connectivity index (χ0v) is 14.5. The van der Waals surface area contributed by atoms with E-state index in [1.54, 1.807) is 6.07 Å². The maximum atomic E-state index is 11.7. The molecular weight excluding hydrogens is 348 g/mol. The second-order valence-corrected chi connectivity index (χ2v) is 6.23. The summed E-state index contributed by atoms with van der Waals surface area (Å²) in [5.41, 5.74) is -0.288. The SMILES string of the molecule is O=[N+]([O-])c1c(NCC2CCCO2)ncnc1Oc1cccc2ccccc12. The molecule has 1 aromatic heterocycles. The van der Waals surface area contributed by atoms with Crippen molar-refractivity contribution in [3.63, 3.8) is 0 Å². The Morgan fingerprint density at radius 1 is 1.22 bits per heavy atom. The Morgan fingerprint density at radius 3 is 2.89 bits per heavy atom. The van der Waals surface area contributed by atoms with Crippen molar-refractivity contribution in [1.82, 2.24) is 9.97 Å². The lowest BCUT2D eigenvalue weighted by atomic mass is 10.1. The Kier molecular flexibility index (Phi) is 4.80. The van der Waals surface area contributed by atoms with Crippen molar-refractivity contribution in [2.75, 3.05) is 18.5 Å². The Morgan fingerprint density at radius 2 is 2.07 bits per heavy atom. The van der Waals surface area contributed by atoms with E-state index in [1.807, 2.05) is 36.4 Å². The van der Waals surface area contributed by atoms with Crippen molar-refractivity contribution in [2.45, 2.75) is 18.9 Å². The standard InChI is InChI=1S/C19H18N4O4/c24-23(25)17-18(20-11-14-7-4-10-26-14)21-12-22-19(17)27-16-9-3-6-13-5-1-2-8-15(13)16/h1-3,5-6,8-9,12,14H,4,7,10-11H2,(H,20,21,22). The molecule has 138 valence electrons. The Balaban J connectivity index is 1.65. The smallest absolute Gasteiger partial charge is 0.373 e. The van der Waals surface area contributed by atoms with Gasteiger partial charge in [0.25, 0.3) is 0 Å². The van der Waals surface area contributed by atoms with E-state index in [-0.39, 0.29) is 23.5 Å². The summed E-state index contributed by atoms with van der Waals surface area (Å²) in [7, 11) is 0. The molecule has 0 amide bonds. The third-order valence-electron chi connectivity index (χ3n) is 4.45. The van der Waals surface area contributed by atoms with Crippen LogP contribution >= 0.6 is 0 Å². The number of hydrogen-bond acceptors (Lipinski definition) is 7. The maximum Gasteiger partial charge on any atom is 0.373 e.